The first-order valence-electron chi connectivity index (χ1n) is 7.79. The molecule has 0 amide bonds. The van der Waals surface area contributed by atoms with Crippen molar-refractivity contribution in [2.75, 3.05) is 24.5 Å². The van der Waals surface area contributed by atoms with Crippen molar-refractivity contribution in [1.29, 1.82) is 0 Å². The highest BCUT2D eigenvalue weighted by Gasteiger charge is 2.19. The molecule has 2 heteroatoms. The van der Waals surface area contributed by atoms with Crippen molar-refractivity contribution in [3.8, 4) is 0 Å². The van der Waals surface area contributed by atoms with Gasteiger partial charge < -0.3 is 10.2 Å². The molecule has 1 atom stereocenters. The molecule has 2 rings (SSSR count). The lowest BCUT2D eigenvalue weighted by atomic mass is 10.00. The van der Waals surface area contributed by atoms with Crippen LogP contribution in [0.5, 0.6) is 0 Å². The minimum atomic E-state index is 0.594. The summed E-state index contributed by atoms with van der Waals surface area (Å²) < 4.78 is 0. The number of rotatable bonds is 4. The van der Waals surface area contributed by atoms with Gasteiger partial charge >= 0.3 is 0 Å². The Morgan fingerprint density at radius 2 is 2.11 bits per heavy atom. The maximum Gasteiger partial charge on any atom is 0.0401 e. The van der Waals surface area contributed by atoms with Crippen LogP contribution in [0.25, 0.3) is 0 Å². The molecular weight excluding hydrogens is 232 g/mol. The molecule has 1 saturated heterocycles. The van der Waals surface area contributed by atoms with E-state index in [1.165, 1.54) is 37.1 Å². The average molecular weight is 260 g/mol. The molecule has 0 aliphatic carbocycles. The number of hydrogen-bond acceptors (Lipinski definition) is 2. The molecule has 1 fully saturated rings. The van der Waals surface area contributed by atoms with Crippen LogP contribution in [0.4, 0.5) is 5.69 Å². The molecule has 2 nitrogen and oxygen atoms in total. The number of benzene rings is 1. The monoisotopic (exact) mass is 260 g/mol. The van der Waals surface area contributed by atoms with Crippen LogP contribution in [0.3, 0.4) is 0 Å². The fourth-order valence-corrected chi connectivity index (χ4v) is 3.02. The summed E-state index contributed by atoms with van der Waals surface area (Å²) in [6, 6.07) is 9.57. The van der Waals surface area contributed by atoms with E-state index in [1.54, 1.807) is 0 Å². The smallest absolute Gasteiger partial charge is 0.0401 e. The van der Waals surface area contributed by atoms with Gasteiger partial charge in [-0.1, -0.05) is 45.4 Å². The van der Waals surface area contributed by atoms with Crippen molar-refractivity contribution in [2.45, 2.75) is 52.0 Å². The molecule has 19 heavy (non-hydrogen) atoms. The molecule has 1 N–H and O–H groups in total. The fraction of sp³-hybridized carbons (Fsp3) is 0.647. The zero-order chi connectivity index (χ0) is 13.7. The van der Waals surface area contributed by atoms with E-state index in [0.717, 1.165) is 13.1 Å². The Labute approximate surface area is 118 Å². The average Bonchev–Trinajstić information content (AvgIpc) is 2.65. The van der Waals surface area contributed by atoms with Crippen molar-refractivity contribution >= 4 is 5.69 Å². The third-order valence-corrected chi connectivity index (χ3v) is 4.02. The van der Waals surface area contributed by atoms with E-state index in [0.29, 0.717) is 12.0 Å². The molecule has 106 valence electrons. The van der Waals surface area contributed by atoms with Gasteiger partial charge in [0.1, 0.15) is 0 Å². The van der Waals surface area contributed by atoms with Gasteiger partial charge in [-0.15, -0.1) is 0 Å². The van der Waals surface area contributed by atoms with Crippen molar-refractivity contribution < 1.29 is 0 Å². The summed E-state index contributed by atoms with van der Waals surface area (Å²) in [4.78, 5) is 2.59. The number of hydrogen-bond donors (Lipinski definition) is 1. The highest BCUT2D eigenvalue weighted by molar-refractivity contribution is 5.55. The summed E-state index contributed by atoms with van der Waals surface area (Å²) in [6.45, 7) is 10.3. The van der Waals surface area contributed by atoms with Crippen LogP contribution in [0, 0.1) is 0 Å². The second-order valence-corrected chi connectivity index (χ2v) is 5.95. The molecule has 0 radical (unpaired) electrons. The van der Waals surface area contributed by atoms with E-state index in [9.17, 15) is 0 Å². The first-order valence-corrected chi connectivity index (χ1v) is 7.79. The molecule has 1 aromatic carbocycles. The minimum Gasteiger partial charge on any atom is -0.370 e. The van der Waals surface area contributed by atoms with Gasteiger partial charge in [0.15, 0.2) is 0 Å². The van der Waals surface area contributed by atoms with Gasteiger partial charge in [0.2, 0.25) is 0 Å². The van der Waals surface area contributed by atoms with Crippen LogP contribution in [0.1, 0.15) is 51.5 Å². The van der Waals surface area contributed by atoms with E-state index in [1.807, 2.05) is 0 Å². The lowest BCUT2D eigenvalue weighted by Crippen LogP contribution is -2.38. The van der Waals surface area contributed by atoms with Crippen LogP contribution < -0.4 is 10.2 Å². The summed E-state index contributed by atoms with van der Waals surface area (Å²) in [7, 11) is 0. The van der Waals surface area contributed by atoms with Gasteiger partial charge in [0.05, 0.1) is 0 Å². The van der Waals surface area contributed by atoms with E-state index in [4.69, 9.17) is 0 Å². The summed E-state index contributed by atoms with van der Waals surface area (Å²) in [6.07, 6.45) is 3.78. The van der Waals surface area contributed by atoms with E-state index in [2.05, 4.69) is 55.3 Å². The quantitative estimate of drug-likeness (QED) is 0.886. The topological polar surface area (TPSA) is 15.3 Å². The maximum atomic E-state index is 3.69. The van der Waals surface area contributed by atoms with Crippen molar-refractivity contribution in [3.63, 3.8) is 0 Å². The lowest BCUT2D eigenvalue weighted by molar-refractivity contribution is 0.502. The molecule has 0 spiro atoms. The highest BCUT2D eigenvalue weighted by atomic mass is 15.2. The standard InChI is InChI=1S/C17H28N2/c1-4-8-15-13-19(12-7-11-18-15)17-10-6-5-9-16(17)14(2)3/h5-6,9-10,14-15,18H,4,7-8,11-13H2,1-3H3. The van der Waals surface area contributed by atoms with Crippen LogP contribution in [0.2, 0.25) is 0 Å². The van der Waals surface area contributed by atoms with Gasteiger partial charge in [-0.3, -0.25) is 0 Å². The van der Waals surface area contributed by atoms with Gasteiger partial charge in [-0.25, -0.2) is 0 Å². The second kappa shape index (κ2) is 6.95. The molecule has 1 aliphatic heterocycles. The van der Waals surface area contributed by atoms with Crippen LogP contribution in [0.15, 0.2) is 24.3 Å². The lowest BCUT2D eigenvalue weighted by Gasteiger charge is -2.29. The zero-order valence-corrected chi connectivity index (χ0v) is 12.7. The number of nitrogens with zero attached hydrogens (tertiary/aromatic N) is 1. The Kier molecular flexibility index (Phi) is 5.26. The first-order chi connectivity index (χ1) is 9.22. The largest absolute Gasteiger partial charge is 0.370 e. The SMILES string of the molecule is CCCC1CN(c2ccccc2C(C)C)CCCN1. The normalized spacial score (nSPS) is 20.6. The van der Waals surface area contributed by atoms with Gasteiger partial charge in [-0.2, -0.15) is 0 Å². The summed E-state index contributed by atoms with van der Waals surface area (Å²) in [5.41, 5.74) is 2.93. The van der Waals surface area contributed by atoms with Crippen molar-refractivity contribution in [2.24, 2.45) is 0 Å². The third kappa shape index (κ3) is 3.73. The van der Waals surface area contributed by atoms with Gasteiger partial charge in [0.25, 0.3) is 0 Å². The molecule has 1 heterocycles. The summed E-state index contributed by atoms with van der Waals surface area (Å²) >= 11 is 0. The molecule has 0 bridgehead atoms. The number of para-hydroxylation sites is 1. The predicted octanol–water partition coefficient (Wildman–Crippen LogP) is 3.78. The number of anilines is 1. The Hall–Kier alpha value is -1.02. The molecule has 0 aromatic heterocycles. The minimum absolute atomic E-state index is 0.594. The molecule has 1 aliphatic rings. The third-order valence-electron chi connectivity index (χ3n) is 4.02. The summed E-state index contributed by atoms with van der Waals surface area (Å²) in [5, 5.41) is 3.69. The zero-order valence-electron chi connectivity index (χ0n) is 12.7. The predicted molar refractivity (Wildman–Crippen MR) is 84.1 cm³/mol. The Morgan fingerprint density at radius 3 is 2.84 bits per heavy atom. The fourth-order valence-electron chi connectivity index (χ4n) is 3.02. The van der Waals surface area contributed by atoms with Crippen LogP contribution >= 0.6 is 0 Å². The highest BCUT2D eigenvalue weighted by Crippen LogP contribution is 2.28. The molecular formula is C17H28N2. The van der Waals surface area contributed by atoms with E-state index < -0.39 is 0 Å². The van der Waals surface area contributed by atoms with E-state index >= 15 is 0 Å². The maximum absolute atomic E-state index is 3.69. The Bertz CT molecular complexity index is 387. The first kappa shape index (κ1) is 14.4. The second-order valence-electron chi connectivity index (χ2n) is 5.95. The van der Waals surface area contributed by atoms with Crippen molar-refractivity contribution in [1.82, 2.24) is 5.32 Å². The Morgan fingerprint density at radius 1 is 1.32 bits per heavy atom. The van der Waals surface area contributed by atoms with Gasteiger partial charge in [0, 0.05) is 24.8 Å². The van der Waals surface area contributed by atoms with Gasteiger partial charge in [-0.05, 0) is 36.9 Å². The molecule has 0 saturated carbocycles. The molecule has 1 aromatic rings. The van der Waals surface area contributed by atoms with Crippen molar-refractivity contribution in [3.05, 3.63) is 29.8 Å². The van der Waals surface area contributed by atoms with Crippen LogP contribution in [-0.4, -0.2) is 25.7 Å². The summed E-state index contributed by atoms with van der Waals surface area (Å²) in [5.74, 6) is 0.594. The van der Waals surface area contributed by atoms with E-state index in [-0.39, 0.29) is 0 Å². The van der Waals surface area contributed by atoms with Crippen LogP contribution in [-0.2, 0) is 0 Å². The Balaban J connectivity index is 2.19. The number of nitrogens with one attached hydrogen (secondary N) is 1. The molecule has 1 unspecified atom stereocenters.